The van der Waals surface area contributed by atoms with E-state index in [0.717, 1.165) is 44.3 Å². The van der Waals surface area contributed by atoms with Crippen molar-refractivity contribution in [3.63, 3.8) is 0 Å². The van der Waals surface area contributed by atoms with E-state index in [9.17, 15) is 0 Å². The number of piperazine rings is 3. The first kappa shape index (κ1) is 19.3. The van der Waals surface area contributed by atoms with Gasteiger partial charge in [-0.25, -0.2) is 0 Å². The highest BCUT2D eigenvalue weighted by Gasteiger charge is 2.31. The Morgan fingerprint density at radius 1 is 1.21 bits per heavy atom. The molecule has 3 saturated heterocycles. The van der Waals surface area contributed by atoms with Gasteiger partial charge in [0.1, 0.15) is 5.75 Å². The fraction of sp³-hybridized carbons (Fsp3) is 0.591. The molecule has 1 unspecified atom stereocenters. The fourth-order valence-electron chi connectivity index (χ4n) is 4.46. The van der Waals surface area contributed by atoms with E-state index in [4.69, 9.17) is 9.73 Å². The number of ether oxygens (including phenoxy) is 1. The Bertz CT molecular complexity index is 723. The Hall–Kier alpha value is -2.05. The predicted molar refractivity (Wildman–Crippen MR) is 115 cm³/mol. The number of hydrogen-bond donors (Lipinski definition) is 1. The summed E-state index contributed by atoms with van der Waals surface area (Å²) >= 11 is 0. The van der Waals surface area contributed by atoms with Crippen molar-refractivity contribution in [2.75, 3.05) is 66.0 Å². The number of benzene rings is 1. The zero-order chi connectivity index (χ0) is 19.3. The summed E-state index contributed by atoms with van der Waals surface area (Å²) in [7, 11) is 1.72. The van der Waals surface area contributed by atoms with Crippen LogP contribution in [0.15, 0.2) is 35.3 Å². The molecular weight excluding hydrogens is 350 g/mol. The van der Waals surface area contributed by atoms with E-state index in [2.05, 4.69) is 51.2 Å². The van der Waals surface area contributed by atoms with Crippen molar-refractivity contribution in [2.24, 2.45) is 4.99 Å². The van der Waals surface area contributed by atoms with E-state index in [1.54, 1.807) is 7.11 Å². The van der Waals surface area contributed by atoms with Gasteiger partial charge < -0.3 is 15.0 Å². The highest BCUT2D eigenvalue weighted by molar-refractivity contribution is 5.81. The molecule has 1 aromatic rings. The lowest BCUT2D eigenvalue weighted by Crippen LogP contribution is -2.62. The molecule has 4 aliphatic rings. The number of methoxy groups -OCH3 is 1. The molecule has 0 amide bonds. The van der Waals surface area contributed by atoms with Gasteiger partial charge in [0.25, 0.3) is 0 Å². The van der Waals surface area contributed by atoms with E-state index in [-0.39, 0.29) is 0 Å². The van der Waals surface area contributed by atoms with Crippen molar-refractivity contribution in [3.05, 3.63) is 35.9 Å². The van der Waals surface area contributed by atoms with Crippen LogP contribution in [-0.2, 0) is 0 Å². The maximum atomic E-state index is 5.37. The van der Waals surface area contributed by atoms with Gasteiger partial charge >= 0.3 is 0 Å². The molecular formula is C22H33N5O. The Balaban J connectivity index is 1.40. The van der Waals surface area contributed by atoms with Crippen LogP contribution in [0.4, 0.5) is 0 Å². The van der Waals surface area contributed by atoms with Crippen LogP contribution in [0.2, 0.25) is 0 Å². The van der Waals surface area contributed by atoms with Crippen molar-refractivity contribution in [1.82, 2.24) is 20.0 Å². The first-order chi connectivity index (χ1) is 13.8. The van der Waals surface area contributed by atoms with E-state index in [1.165, 1.54) is 43.9 Å². The molecule has 28 heavy (non-hydrogen) atoms. The van der Waals surface area contributed by atoms with Crippen LogP contribution in [0.3, 0.4) is 0 Å². The minimum absolute atomic E-state index is 0.573. The molecule has 0 aromatic heterocycles. The molecule has 0 aliphatic carbocycles. The zero-order valence-corrected chi connectivity index (χ0v) is 17.2. The number of nitrogens with one attached hydrogen (secondary N) is 1. The standard InChI is InChI=1S/C22H33N5O/c1-3-23-22(24-16-20-17-25-11-13-26(20)14-12-25)27-9-7-18(8-10-27)19-5-4-6-21(15-19)28-2/h4-7,15,20H,3,8-14,16-17H2,1-2H3,(H,23,24). The van der Waals surface area contributed by atoms with Crippen molar-refractivity contribution >= 4 is 11.5 Å². The lowest BCUT2D eigenvalue weighted by molar-refractivity contribution is 0.0173. The Kier molecular flexibility index (Phi) is 6.17. The smallest absolute Gasteiger partial charge is 0.194 e. The number of guanidine groups is 1. The minimum Gasteiger partial charge on any atom is -0.497 e. The molecule has 5 rings (SSSR count). The Labute approximate surface area is 168 Å². The van der Waals surface area contributed by atoms with Gasteiger partial charge in [-0.05, 0) is 36.6 Å². The predicted octanol–water partition coefficient (Wildman–Crippen LogP) is 1.75. The second kappa shape index (κ2) is 8.97. The number of aliphatic imine (C=N–C) groups is 1. The van der Waals surface area contributed by atoms with Crippen LogP contribution >= 0.6 is 0 Å². The molecule has 4 aliphatic heterocycles. The third kappa shape index (κ3) is 4.33. The maximum absolute atomic E-state index is 5.37. The monoisotopic (exact) mass is 383 g/mol. The average Bonchev–Trinajstić information content (AvgIpc) is 2.77. The van der Waals surface area contributed by atoms with Crippen molar-refractivity contribution in [2.45, 2.75) is 19.4 Å². The van der Waals surface area contributed by atoms with Crippen LogP contribution in [0.5, 0.6) is 5.75 Å². The third-order valence-corrected chi connectivity index (χ3v) is 6.13. The van der Waals surface area contributed by atoms with Gasteiger partial charge in [-0.1, -0.05) is 18.2 Å². The quantitative estimate of drug-likeness (QED) is 0.620. The molecule has 6 heteroatoms. The highest BCUT2D eigenvalue weighted by atomic mass is 16.5. The van der Waals surface area contributed by atoms with Crippen LogP contribution in [0, 0.1) is 0 Å². The lowest BCUT2D eigenvalue weighted by atomic mass is 9.99. The number of fused-ring (bicyclic) bond motifs is 3. The van der Waals surface area contributed by atoms with Crippen molar-refractivity contribution in [1.29, 1.82) is 0 Å². The molecule has 0 spiro atoms. The third-order valence-electron chi connectivity index (χ3n) is 6.13. The number of nitrogens with zero attached hydrogens (tertiary/aromatic N) is 4. The van der Waals surface area contributed by atoms with Crippen molar-refractivity contribution in [3.8, 4) is 5.75 Å². The minimum atomic E-state index is 0.573. The second-order valence-electron chi connectivity index (χ2n) is 7.84. The van der Waals surface area contributed by atoms with Crippen LogP contribution in [0.1, 0.15) is 18.9 Å². The SMILES string of the molecule is CCNC(=NCC1CN2CCN1CC2)N1CC=C(c2cccc(OC)c2)CC1. The molecule has 0 saturated carbocycles. The summed E-state index contributed by atoms with van der Waals surface area (Å²) in [6, 6.07) is 8.94. The average molecular weight is 384 g/mol. The molecule has 3 fully saturated rings. The molecule has 6 nitrogen and oxygen atoms in total. The van der Waals surface area contributed by atoms with E-state index >= 15 is 0 Å². The summed E-state index contributed by atoms with van der Waals surface area (Å²) in [6.45, 7) is 11.9. The van der Waals surface area contributed by atoms with Gasteiger partial charge in [0.2, 0.25) is 0 Å². The fourth-order valence-corrected chi connectivity index (χ4v) is 4.46. The van der Waals surface area contributed by atoms with Crippen LogP contribution in [0.25, 0.3) is 5.57 Å². The van der Waals surface area contributed by atoms with Gasteiger partial charge in [-0.2, -0.15) is 0 Å². The molecule has 4 heterocycles. The largest absolute Gasteiger partial charge is 0.497 e. The van der Waals surface area contributed by atoms with Crippen LogP contribution < -0.4 is 10.1 Å². The van der Waals surface area contributed by atoms with Crippen molar-refractivity contribution < 1.29 is 4.74 Å². The molecule has 0 radical (unpaired) electrons. The zero-order valence-electron chi connectivity index (χ0n) is 17.2. The van der Waals surface area contributed by atoms with E-state index in [1.807, 2.05) is 6.07 Å². The summed E-state index contributed by atoms with van der Waals surface area (Å²) in [5.41, 5.74) is 2.66. The first-order valence-corrected chi connectivity index (χ1v) is 10.6. The lowest BCUT2D eigenvalue weighted by Gasteiger charge is -2.47. The topological polar surface area (TPSA) is 43.3 Å². The second-order valence-corrected chi connectivity index (χ2v) is 7.84. The van der Waals surface area contributed by atoms with Gasteiger partial charge in [0.05, 0.1) is 13.7 Å². The van der Waals surface area contributed by atoms with E-state index < -0.39 is 0 Å². The summed E-state index contributed by atoms with van der Waals surface area (Å²) in [6.07, 6.45) is 3.36. The molecule has 1 N–H and O–H groups in total. The number of hydrogen-bond acceptors (Lipinski definition) is 4. The maximum Gasteiger partial charge on any atom is 0.194 e. The summed E-state index contributed by atoms with van der Waals surface area (Å²) < 4.78 is 5.37. The molecule has 152 valence electrons. The number of rotatable bonds is 5. The summed E-state index contributed by atoms with van der Waals surface area (Å²) in [5, 5.41) is 3.50. The van der Waals surface area contributed by atoms with Gasteiger partial charge in [0.15, 0.2) is 5.96 Å². The molecule has 1 aromatic carbocycles. The Morgan fingerprint density at radius 3 is 2.71 bits per heavy atom. The molecule has 2 bridgehead atoms. The molecule has 1 atom stereocenters. The first-order valence-electron chi connectivity index (χ1n) is 10.6. The van der Waals surface area contributed by atoms with E-state index in [0.29, 0.717) is 6.04 Å². The van der Waals surface area contributed by atoms with Gasteiger partial charge in [-0.15, -0.1) is 0 Å². The Morgan fingerprint density at radius 2 is 2.07 bits per heavy atom. The van der Waals surface area contributed by atoms with Crippen LogP contribution in [-0.4, -0.2) is 92.7 Å². The summed E-state index contributed by atoms with van der Waals surface area (Å²) in [4.78, 5) is 12.6. The van der Waals surface area contributed by atoms with Gasteiger partial charge in [-0.3, -0.25) is 14.8 Å². The summed E-state index contributed by atoms with van der Waals surface area (Å²) in [5.74, 6) is 1.98. The van der Waals surface area contributed by atoms with Gasteiger partial charge in [0, 0.05) is 58.4 Å². The normalized spacial score (nSPS) is 27.5. The highest BCUT2D eigenvalue weighted by Crippen LogP contribution is 2.25.